The molecular formula is C18H23FN6O3. The third kappa shape index (κ3) is 4.69. The molecule has 1 aliphatic rings. The quantitative estimate of drug-likeness (QED) is 0.502. The first-order chi connectivity index (χ1) is 13.5. The van der Waals surface area contributed by atoms with Gasteiger partial charge in [-0.15, -0.1) is 10.2 Å². The highest BCUT2D eigenvalue weighted by atomic mass is 19.1. The Morgan fingerprint density at radius 3 is 2.89 bits per heavy atom. The molecule has 1 aliphatic carbocycles. The lowest BCUT2D eigenvalue weighted by Crippen LogP contribution is -2.40. The minimum Gasteiger partial charge on any atom is -0.391 e. The number of aliphatic hydroxyl groups excluding tert-OH is 1. The predicted molar refractivity (Wildman–Crippen MR) is 96.6 cm³/mol. The highest BCUT2D eigenvalue weighted by molar-refractivity contribution is 5.96. The van der Waals surface area contributed by atoms with Crippen LogP contribution in [0.2, 0.25) is 0 Å². The summed E-state index contributed by atoms with van der Waals surface area (Å²) in [5, 5.41) is 29.2. The van der Waals surface area contributed by atoms with Gasteiger partial charge in [-0.2, -0.15) is 5.21 Å². The van der Waals surface area contributed by atoms with E-state index in [1.165, 1.54) is 12.1 Å². The van der Waals surface area contributed by atoms with Crippen LogP contribution >= 0.6 is 0 Å². The number of aliphatic hydroxyl groups is 1. The summed E-state index contributed by atoms with van der Waals surface area (Å²) in [5.41, 5.74) is 0.477. The van der Waals surface area contributed by atoms with E-state index in [1.54, 1.807) is 13.0 Å². The Kier molecular flexibility index (Phi) is 6.30. The molecule has 1 heterocycles. The van der Waals surface area contributed by atoms with Crippen molar-refractivity contribution >= 4 is 11.8 Å². The van der Waals surface area contributed by atoms with Gasteiger partial charge in [-0.1, -0.05) is 17.3 Å². The second kappa shape index (κ2) is 8.87. The SMILES string of the molecule is Cc1cccc(F)c1C(=O)N[C@H]1C[C@H](C(=O)NCCCc2nn[nH]n2)C[C@@H]1O. The maximum absolute atomic E-state index is 13.9. The minimum absolute atomic E-state index is 0.0379. The van der Waals surface area contributed by atoms with Gasteiger partial charge >= 0.3 is 0 Å². The minimum atomic E-state index is -0.855. The Balaban J connectivity index is 1.48. The molecule has 3 atom stereocenters. The van der Waals surface area contributed by atoms with E-state index in [2.05, 4.69) is 31.3 Å². The standard InChI is InChI=1S/C18H23FN6O3/c1-10-4-2-5-12(19)16(10)18(28)21-13-8-11(9-14(13)26)17(27)20-7-3-6-15-22-24-25-23-15/h2,4-5,11,13-14,26H,3,6-9H2,1H3,(H,20,27)(H,21,28)(H,22,23,24,25)/t11-,13-,14-/m0/s1. The first-order valence-corrected chi connectivity index (χ1v) is 9.19. The van der Waals surface area contributed by atoms with Crippen LogP contribution < -0.4 is 10.6 Å². The Morgan fingerprint density at radius 2 is 2.18 bits per heavy atom. The molecule has 1 aromatic carbocycles. The van der Waals surface area contributed by atoms with E-state index in [9.17, 15) is 19.1 Å². The zero-order valence-corrected chi connectivity index (χ0v) is 15.5. The van der Waals surface area contributed by atoms with Crippen LogP contribution in [0.15, 0.2) is 18.2 Å². The van der Waals surface area contributed by atoms with Crippen LogP contribution in [0.25, 0.3) is 0 Å². The molecule has 0 aliphatic heterocycles. The molecular weight excluding hydrogens is 367 g/mol. The number of aromatic nitrogens is 4. The summed E-state index contributed by atoms with van der Waals surface area (Å²) in [7, 11) is 0. The monoisotopic (exact) mass is 390 g/mol. The van der Waals surface area contributed by atoms with Crippen LogP contribution in [-0.2, 0) is 11.2 Å². The molecule has 0 bridgehead atoms. The van der Waals surface area contributed by atoms with Gasteiger partial charge in [-0.3, -0.25) is 9.59 Å². The normalized spacial score (nSPS) is 21.5. The summed E-state index contributed by atoms with van der Waals surface area (Å²) >= 11 is 0. The molecule has 0 saturated heterocycles. The maximum atomic E-state index is 13.9. The molecule has 10 heteroatoms. The van der Waals surface area contributed by atoms with Gasteiger partial charge in [0.05, 0.1) is 17.7 Å². The fourth-order valence-corrected chi connectivity index (χ4v) is 3.44. The van der Waals surface area contributed by atoms with E-state index < -0.39 is 29.8 Å². The van der Waals surface area contributed by atoms with E-state index in [1.807, 2.05) is 0 Å². The zero-order chi connectivity index (χ0) is 20.1. The first kappa shape index (κ1) is 19.9. The zero-order valence-electron chi connectivity index (χ0n) is 15.5. The number of hydrogen-bond donors (Lipinski definition) is 4. The Morgan fingerprint density at radius 1 is 1.36 bits per heavy atom. The summed E-state index contributed by atoms with van der Waals surface area (Å²) in [5.74, 6) is -1.20. The van der Waals surface area contributed by atoms with E-state index in [0.29, 0.717) is 37.2 Å². The number of hydrogen-bond acceptors (Lipinski definition) is 6. The van der Waals surface area contributed by atoms with Crippen molar-refractivity contribution in [3.05, 3.63) is 41.0 Å². The lowest BCUT2D eigenvalue weighted by atomic mass is 10.1. The van der Waals surface area contributed by atoms with E-state index in [4.69, 9.17) is 0 Å². The number of tetrazole rings is 1. The Bertz CT molecular complexity index is 808. The molecule has 0 spiro atoms. The number of H-pyrrole nitrogens is 1. The van der Waals surface area contributed by atoms with Gasteiger partial charge in [0, 0.05) is 18.9 Å². The van der Waals surface area contributed by atoms with E-state index >= 15 is 0 Å². The molecule has 0 unspecified atom stereocenters. The fourth-order valence-electron chi connectivity index (χ4n) is 3.44. The lowest BCUT2D eigenvalue weighted by Gasteiger charge is -2.17. The second-order valence-corrected chi connectivity index (χ2v) is 6.97. The summed E-state index contributed by atoms with van der Waals surface area (Å²) < 4.78 is 13.9. The number of benzene rings is 1. The van der Waals surface area contributed by atoms with Crippen LogP contribution in [0.5, 0.6) is 0 Å². The number of aryl methyl sites for hydroxylation is 2. The molecule has 150 valence electrons. The van der Waals surface area contributed by atoms with Gasteiger partial charge in [-0.05, 0) is 37.8 Å². The topological polar surface area (TPSA) is 133 Å². The van der Waals surface area contributed by atoms with Gasteiger partial charge in [0.2, 0.25) is 5.91 Å². The summed E-state index contributed by atoms with van der Waals surface area (Å²) in [6.45, 7) is 2.10. The van der Waals surface area contributed by atoms with Crippen LogP contribution in [0, 0.1) is 18.7 Å². The number of rotatable bonds is 7. The van der Waals surface area contributed by atoms with Crippen molar-refractivity contribution in [2.75, 3.05) is 6.54 Å². The van der Waals surface area contributed by atoms with Crippen LogP contribution in [-0.4, -0.2) is 56.2 Å². The molecule has 2 amide bonds. The van der Waals surface area contributed by atoms with Crippen molar-refractivity contribution in [3.63, 3.8) is 0 Å². The number of aromatic amines is 1. The van der Waals surface area contributed by atoms with Crippen LogP contribution in [0.3, 0.4) is 0 Å². The van der Waals surface area contributed by atoms with Gasteiger partial charge in [0.25, 0.3) is 5.91 Å². The molecule has 28 heavy (non-hydrogen) atoms. The van der Waals surface area contributed by atoms with Gasteiger partial charge < -0.3 is 15.7 Å². The molecule has 1 saturated carbocycles. The Hall–Kier alpha value is -2.88. The van der Waals surface area contributed by atoms with Crippen molar-refractivity contribution in [1.29, 1.82) is 0 Å². The number of halogens is 1. The predicted octanol–water partition coefficient (Wildman–Crippen LogP) is 0.266. The van der Waals surface area contributed by atoms with Crippen molar-refractivity contribution in [2.24, 2.45) is 5.92 Å². The largest absolute Gasteiger partial charge is 0.391 e. The van der Waals surface area contributed by atoms with Crippen molar-refractivity contribution < 1.29 is 19.1 Å². The van der Waals surface area contributed by atoms with Gasteiger partial charge in [-0.25, -0.2) is 4.39 Å². The third-order valence-electron chi connectivity index (χ3n) is 4.93. The molecule has 1 aromatic heterocycles. The molecule has 2 aromatic rings. The number of carbonyl (C=O) groups excluding carboxylic acids is 2. The highest BCUT2D eigenvalue weighted by Crippen LogP contribution is 2.27. The molecule has 1 fully saturated rings. The second-order valence-electron chi connectivity index (χ2n) is 6.97. The summed E-state index contributed by atoms with van der Waals surface area (Å²) in [4.78, 5) is 24.7. The number of nitrogens with zero attached hydrogens (tertiary/aromatic N) is 3. The van der Waals surface area contributed by atoms with E-state index in [0.717, 1.165) is 0 Å². The third-order valence-corrected chi connectivity index (χ3v) is 4.93. The van der Waals surface area contributed by atoms with Gasteiger partial charge in [0.15, 0.2) is 5.82 Å². The molecule has 4 N–H and O–H groups in total. The van der Waals surface area contributed by atoms with Crippen LogP contribution in [0.1, 0.15) is 41.0 Å². The lowest BCUT2D eigenvalue weighted by molar-refractivity contribution is -0.125. The summed E-state index contributed by atoms with van der Waals surface area (Å²) in [6.07, 6.45) is 0.943. The molecule has 9 nitrogen and oxygen atoms in total. The maximum Gasteiger partial charge on any atom is 0.254 e. The fraction of sp³-hybridized carbons (Fsp3) is 0.500. The first-order valence-electron chi connectivity index (χ1n) is 9.19. The Labute approximate surface area is 161 Å². The van der Waals surface area contributed by atoms with E-state index in [-0.39, 0.29) is 17.9 Å². The van der Waals surface area contributed by atoms with Crippen molar-refractivity contribution in [2.45, 2.75) is 44.8 Å². The number of carbonyl (C=O) groups is 2. The average molecular weight is 390 g/mol. The highest BCUT2D eigenvalue weighted by Gasteiger charge is 2.38. The smallest absolute Gasteiger partial charge is 0.254 e. The summed E-state index contributed by atoms with van der Waals surface area (Å²) in [6, 6.07) is 3.80. The van der Waals surface area contributed by atoms with Crippen LogP contribution in [0.4, 0.5) is 4.39 Å². The van der Waals surface area contributed by atoms with Crippen molar-refractivity contribution in [1.82, 2.24) is 31.3 Å². The average Bonchev–Trinajstić information content (AvgIpc) is 3.29. The molecule has 0 radical (unpaired) electrons. The molecule has 3 rings (SSSR count). The number of nitrogens with one attached hydrogen (secondary N) is 3. The van der Waals surface area contributed by atoms with Gasteiger partial charge in [0.1, 0.15) is 5.82 Å². The number of amides is 2. The van der Waals surface area contributed by atoms with Crippen molar-refractivity contribution in [3.8, 4) is 0 Å².